The zero-order chi connectivity index (χ0) is 10.6. The molecule has 0 aromatic heterocycles. The number of benzene rings is 1. The Morgan fingerprint density at radius 1 is 1.57 bits per heavy atom. The Balaban J connectivity index is 2.65. The Morgan fingerprint density at radius 3 is 2.86 bits per heavy atom. The first-order valence-corrected chi connectivity index (χ1v) is 4.46. The summed E-state index contributed by atoms with van der Waals surface area (Å²) in [7, 11) is 0. The molecule has 0 fully saturated rings. The largest absolute Gasteiger partial charge is 0.328 e. The van der Waals surface area contributed by atoms with Gasteiger partial charge in [0.25, 0.3) is 0 Å². The molecule has 0 bridgehead atoms. The van der Waals surface area contributed by atoms with Crippen molar-refractivity contribution in [2.45, 2.75) is 13.0 Å². The summed E-state index contributed by atoms with van der Waals surface area (Å²) in [6.07, 6.45) is 0. The molecule has 0 heterocycles. The lowest BCUT2D eigenvalue weighted by molar-refractivity contribution is -0.117. The van der Waals surface area contributed by atoms with E-state index in [2.05, 4.69) is 5.32 Å². The predicted octanol–water partition coefficient (Wildman–Crippen LogP) is 0.220. The highest BCUT2D eigenvalue weighted by molar-refractivity contribution is 5.94. The van der Waals surface area contributed by atoms with E-state index in [0.717, 1.165) is 11.3 Å². The average molecular weight is 193 g/mol. The maximum atomic E-state index is 11.3. The quantitative estimate of drug-likeness (QED) is 0.642. The van der Waals surface area contributed by atoms with Crippen molar-refractivity contribution >= 4 is 11.6 Å². The summed E-state index contributed by atoms with van der Waals surface area (Å²) in [5, 5.41) is 2.69. The number of rotatable bonds is 3. The fourth-order valence-corrected chi connectivity index (χ4v) is 1.06. The molecule has 4 heteroatoms. The second kappa shape index (κ2) is 4.74. The smallest absolute Gasteiger partial charge is 0.242 e. The van der Waals surface area contributed by atoms with Gasteiger partial charge in [0.15, 0.2) is 0 Å². The number of nitrogens with two attached hydrogens (primary N) is 2. The highest BCUT2D eigenvalue weighted by atomic mass is 16.2. The molecule has 0 radical (unpaired) electrons. The van der Waals surface area contributed by atoms with E-state index in [4.69, 9.17) is 11.5 Å². The lowest BCUT2D eigenvalue weighted by atomic mass is 10.2. The molecule has 1 rings (SSSR count). The first-order chi connectivity index (χ1) is 6.63. The van der Waals surface area contributed by atoms with Gasteiger partial charge in [-0.05, 0) is 24.6 Å². The summed E-state index contributed by atoms with van der Waals surface area (Å²) >= 11 is 0. The molecule has 14 heavy (non-hydrogen) atoms. The minimum atomic E-state index is -0.643. The maximum absolute atomic E-state index is 11.3. The van der Waals surface area contributed by atoms with Gasteiger partial charge in [0.2, 0.25) is 5.91 Å². The summed E-state index contributed by atoms with van der Waals surface area (Å²) < 4.78 is 0. The van der Waals surface area contributed by atoms with Gasteiger partial charge in [-0.2, -0.15) is 0 Å². The third kappa shape index (κ3) is 2.83. The van der Waals surface area contributed by atoms with E-state index >= 15 is 0 Å². The van der Waals surface area contributed by atoms with Crippen molar-refractivity contribution in [3.05, 3.63) is 29.8 Å². The van der Waals surface area contributed by atoms with Gasteiger partial charge in [-0.15, -0.1) is 0 Å². The number of hydrogen-bond acceptors (Lipinski definition) is 3. The van der Waals surface area contributed by atoms with Crippen molar-refractivity contribution in [2.75, 3.05) is 11.9 Å². The highest BCUT2D eigenvalue weighted by Gasteiger charge is 2.10. The van der Waals surface area contributed by atoms with Crippen molar-refractivity contribution in [1.82, 2.24) is 0 Å². The summed E-state index contributed by atoms with van der Waals surface area (Å²) in [4.78, 5) is 11.3. The second-order valence-electron chi connectivity index (χ2n) is 3.20. The average Bonchev–Trinajstić information content (AvgIpc) is 2.16. The van der Waals surface area contributed by atoms with Crippen molar-refractivity contribution in [2.24, 2.45) is 11.5 Å². The van der Waals surface area contributed by atoms with Gasteiger partial charge < -0.3 is 16.8 Å². The third-order valence-corrected chi connectivity index (χ3v) is 1.88. The first kappa shape index (κ1) is 10.7. The first-order valence-electron chi connectivity index (χ1n) is 4.46. The van der Waals surface area contributed by atoms with Gasteiger partial charge in [0.05, 0.1) is 6.04 Å². The Labute approximate surface area is 83.3 Å². The van der Waals surface area contributed by atoms with Gasteiger partial charge in [0.1, 0.15) is 0 Å². The van der Waals surface area contributed by atoms with Gasteiger partial charge >= 0.3 is 0 Å². The predicted molar refractivity (Wildman–Crippen MR) is 56.8 cm³/mol. The molecule has 1 aromatic carbocycles. The minimum Gasteiger partial charge on any atom is -0.328 e. The Hall–Kier alpha value is -1.39. The number of aryl methyl sites for hydroxylation is 1. The van der Waals surface area contributed by atoms with Crippen LogP contribution in [0, 0.1) is 6.92 Å². The lowest BCUT2D eigenvalue weighted by Gasteiger charge is -2.10. The van der Waals surface area contributed by atoms with Crippen LogP contribution in [0.1, 0.15) is 5.56 Å². The minimum absolute atomic E-state index is 0.150. The molecule has 0 aliphatic rings. The topological polar surface area (TPSA) is 81.1 Å². The van der Waals surface area contributed by atoms with Crippen LogP contribution in [-0.4, -0.2) is 18.5 Å². The molecule has 1 amide bonds. The standard InChI is InChI=1S/C10H15N3O/c1-7-3-2-4-8(5-7)13-10(14)9(12)6-11/h2-5,9H,6,11-12H2,1H3,(H,13,14)/t9-/m1/s1. The molecule has 0 spiro atoms. The normalized spacial score (nSPS) is 12.2. The van der Waals surface area contributed by atoms with Crippen LogP contribution < -0.4 is 16.8 Å². The van der Waals surface area contributed by atoms with Crippen LogP contribution in [0.3, 0.4) is 0 Å². The molecule has 4 nitrogen and oxygen atoms in total. The number of hydrogen-bond donors (Lipinski definition) is 3. The zero-order valence-corrected chi connectivity index (χ0v) is 8.16. The number of anilines is 1. The van der Waals surface area contributed by atoms with Crippen LogP contribution in [0.5, 0.6) is 0 Å². The third-order valence-electron chi connectivity index (χ3n) is 1.88. The van der Waals surface area contributed by atoms with Crippen molar-refractivity contribution in [3.8, 4) is 0 Å². The van der Waals surface area contributed by atoms with Crippen LogP contribution in [-0.2, 0) is 4.79 Å². The molecular weight excluding hydrogens is 178 g/mol. The van der Waals surface area contributed by atoms with E-state index in [0.29, 0.717) is 0 Å². The molecule has 0 saturated heterocycles. The fourth-order valence-electron chi connectivity index (χ4n) is 1.06. The molecule has 1 atom stereocenters. The molecule has 0 saturated carbocycles. The Kier molecular flexibility index (Phi) is 3.62. The Bertz CT molecular complexity index is 325. The van der Waals surface area contributed by atoms with E-state index in [-0.39, 0.29) is 12.5 Å². The van der Waals surface area contributed by atoms with Crippen LogP contribution in [0.2, 0.25) is 0 Å². The van der Waals surface area contributed by atoms with Crippen LogP contribution in [0.15, 0.2) is 24.3 Å². The van der Waals surface area contributed by atoms with Crippen molar-refractivity contribution in [3.63, 3.8) is 0 Å². The van der Waals surface area contributed by atoms with Gasteiger partial charge in [0, 0.05) is 12.2 Å². The molecule has 0 unspecified atom stereocenters. The summed E-state index contributed by atoms with van der Waals surface area (Å²) in [5.74, 6) is -0.252. The van der Waals surface area contributed by atoms with Gasteiger partial charge in [-0.25, -0.2) is 0 Å². The van der Waals surface area contributed by atoms with E-state index in [1.807, 2.05) is 31.2 Å². The van der Waals surface area contributed by atoms with E-state index < -0.39 is 6.04 Å². The number of carbonyl (C=O) groups is 1. The second-order valence-corrected chi connectivity index (χ2v) is 3.20. The molecule has 0 aliphatic carbocycles. The number of carbonyl (C=O) groups excluding carboxylic acids is 1. The van der Waals surface area contributed by atoms with E-state index in [1.165, 1.54) is 0 Å². The summed E-state index contributed by atoms with van der Waals surface area (Å²) in [6.45, 7) is 2.11. The van der Waals surface area contributed by atoms with E-state index in [9.17, 15) is 4.79 Å². The van der Waals surface area contributed by atoms with Crippen LogP contribution in [0.25, 0.3) is 0 Å². The zero-order valence-electron chi connectivity index (χ0n) is 8.16. The SMILES string of the molecule is Cc1cccc(NC(=O)[C@H](N)CN)c1. The van der Waals surface area contributed by atoms with Crippen LogP contribution >= 0.6 is 0 Å². The van der Waals surface area contributed by atoms with Gasteiger partial charge in [-0.3, -0.25) is 4.79 Å². The lowest BCUT2D eigenvalue weighted by Crippen LogP contribution is -2.41. The maximum Gasteiger partial charge on any atom is 0.242 e. The summed E-state index contributed by atoms with van der Waals surface area (Å²) in [6, 6.07) is 6.88. The molecule has 76 valence electrons. The Morgan fingerprint density at radius 2 is 2.29 bits per heavy atom. The van der Waals surface area contributed by atoms with Crippen molar-refractivity contribution in [1.29, 1.82) is 0 Å². The van der Waals surface area contributed by atoms with Gasteiger partial charge in [-0.1, -0.05) is 12.1 Å². The number of nitrogens with one attached hydrogen (secondary N) is 1. The van der Waals surface area contributed by atoms with Crippen molar-refractivity contribution < 1.29 is 4.79 Å². The monoisotopic (exact) mass is 193 g/mol. The highest BCUT2D eigenvalue weighted by Crippen LogP contribution is 2.09. The number of amides is 1. The van der Waals surface area contributed by atoms with E-state index in [1.54, 1.807) is 0 Å². The molecule has 0 aliphatic heterocycles. The molecular formula is C10H15N3O. The fraction of sp³-hybridized carbons (Fsp3) is 0.300. The summed E-state index contributed by atoms with van der Waals surface area (Å²) in [5.41, 5.74) is 12.6. The molecule has 1 aromatic rings. The molecule has 5 N–H and O–H groups in total. The van der Waals surface area contributed by atoms with Crippen LogP contribution in [0.4, 0.5) is 5.69 Å².